The Morgan fingerprint density at radius 1 is 0.931 bits per heavy atom. The van der Waals surface area contributed by atoms with Gasteiger partial charge in [0.1, 0.15) is 0 Å². The molecule has 5 atom stereocenters. The molecule has 0 radical (unpaired) electrons. The number of aryl methyl sites for hydroxylation is 1. The van der Waals surface area contributed by atoms with Crippen molar-refractivity contribution in [3.05, 3.63) is 89.0 Å². The Morgan fingerprint density at radius 3 is 2.52 bits per heavy atom. The van der Waals surface area contributed by atoms with E-state index in [2.05, 4.69) is 94.5 Å². The summed E-state index contributed by atoms with van der Waals surface area (Å²) in [5.41, 5.74) is 10.8. The summed E-state index contributed by atoms with van der Waals surface area (Å²) in [6, 6.07) is 14.0. The smallest absolute Gasteiger partial charge is 0.0201 e. The van der Waals surface area contributed by atoms with Crippen LogP contribution in [0.3, 0.4) is 0 Å². The molecule has 4 aliphatic carbocycles. The normalized spacial score (nSPS) is 35.9. The van der Waals surface area contributed by atoms with Crippen molar-refractivity contribution in [1.29, 1.82) is 0 Å². The van der Waals surface area contributed by atoms with Gasteiger partial charge in [-0.25, -0.2) is 0 Å². The molecule has 2 bridgehead atoms. The van der Waals surface area contributed by atoms with Crippen LogP contribution >= 0.6 is 0 Å². The predicted molar refractivity (Wildman–Crippen MR) is 123 cm³/mol. The molecule has 0 N–H and O–H groups in total. The lowest BCUT2D eigenvalue weighted by atomic mass is 9.46. The van der Waals surface area contributed by atoms with Crippen LogP contribution in [0.5, 0.6) is 0 Å². The van der Waals surface area contributed by atoms with Gasteiger partial charge in [-0.05, 0) is 70.6 Å². The van der Waals surface area contributed by atoms with Gasteiger partial charge in [0.15, 0.2) is 0 Å². The third-order valence-electron chi connectivity index (χ3n) is 9.06. The molecular formula is C29H30. The highest BCUT2D eigenvalue weighted by atomic mass is 14.6. The lowest BCUT2D eigenvalue weighted by molar-refractivity contribution is 0.120. The number of allylic oxidation sites excluding steroid dienone is 6. The molecular weight excluding hydrogens is 348 g/mol. The second-order valence-corrected chi connectivity index (χ2v) is 10.2. The van der Waals surface area contributed by atoms with E-state index in [1.54, 1.807) is 11.1 Å². The number of fused-ring (bicyclic) bond motifs is 5. The molecule has 0 nitrogen and oxygen atoms in total. The van der Waals surface area contributed by atoms with Crippen molar-refractivity contribution < 1.29 is 0 Å². The SMILES string of the molecule is Cc1cccc2c1CCC1C=CC3C=C1c1c-2cccc1C1(C)C=CC1(C)C3C. The molecule has 0 aromatic heterocycles. The summed E-state index contributed by atoms with van der Waals surface area (Å²) in [6.45, 7) is 9.71. The highest BCUT2D eigenvalue weighted by Gasteiger charge is 2.55. The Balaban J connectivity index is 1.75. The van der Waals surface area contributed by atoms with E-state index >= 15 is 0 Å². The summed E-state index contributed by atoms with van der Waals surface area (Å²) < 4.78 is 0. The Hall–Kier alpha value is -2.34. The lowest BCUT2D eigenvalue weighted by Crippen LogP contribution is -2.52. The molecule has 0 saturated carbocycles. The third-order valence-corrected chi connectivity index (χ3v) is 9.06. The Morgan fingerprint density at radius 2 is 1.72 bits per heavy atom. The molecule has 0 heterocycles. The van der Waals surface area contributed by atoms with Crippen molar-refractivity contribution in [2.24, 2.45) is 23.2 Å². The Bertz CT molecular complexity index is 1130. The fourth-order valence-corrected chi connectivity index (χ4v) is 6.69. The minimum absolute atomic E-state index is 0.0917. The molecule has 146 valence electrons. The Labute approximate surface area is 175 Å². The van der Waals surface area contributed by atoms with Crippen molar-refractivity contribution in [3.8, 4) is 11.1 Å². The van der Waals surface area contributed by atoms with Gasteiger partial charge in [0, 0.05) is 16.7 Å². The van der Waals surface area contributed by atoms with E-state index in [0.29, 0.717) is 17.8 Å². The maximum Gasteiger partial charge on any atom is 0.0201 e. The number of hydrogen-bond acceptors (Lipinski definition) is 0. The topological polar surface area (TPSA) is 0 Å². The zero-order valence-electron chi connectivity index (χ0n) is 18.0. The first-order valence-electron chi connectivity index (χ1n) is 11.3. The molecule has 0 aliphatic heterocycles. The zero-order valence-corrected chi connectivity index (χ0v) is 18.0. The van der Waals surface area contributed by atoms with Crippen LogP contribution in [0.2, 0.25) is 0 Å². The van der Waals surface area contributed by atoms with E-state index in [4.69, 9.17) is 0 Å². The third kappa shape index (κ3) is 2.05. The van der Waals surface area contributed by atoms with Gasteiger partial charge in [0.2, 0.25) is 0 Å². The van der Waals surface area contributed by atoms with Crippen molar-refractivity contribution in [1.82, 2.24) is 0 Å². The highest BCUT2D eigenvalue weighted by molar-refractivity contribution is 5.89. The quantitative estimate of drug-likeness (QED) is 0.423. The Kier molecular flexibility index (Phi) is 3.40. The number of hydrogen-bond donors (Lipinski definition) is 0. The van der Waals surface area contributed by atoms with E-state index in [1.807, 2.05) is 0 Å². The molecule has 6 rings (SSSR count). The van der Waals surface area contributed by atoms with Crippen LogP contribution in [0.1, 0.15) is 49.4 Å². The van der Waals surface area contributed by atoms with Gasteiger partial charge in [-0.15, -0.1) is 0 Å². The number of rotatable bonds is 0. The molecule has 2 aromatic rings. The molecule has 0 amide bonds. The molecule has 0 heteroatoms. The van der Waals surface area contributed by atoms with Gasteiger partial charge in [0.05, 0.1) is 0 Å². The van der Waals surface area contributed by atoms with Gasteiger partial charge in [-0.2, -0.15) is 0 Å². The maximum absolute atomic E-state index is 2.63. The summed E-state index contributed by atoms with van der Waals surface area (Å²) in [6.07, 6.45) is 15.0. The molecule has 0 spiro atoms. The number of benzene rings is 2. The van der Waals surface area contributed by atoms with Crippen molar-refractivity contribution in [2.45, 2.75) is 46.0 Å². The average Bonchev–Trinajstić information content (AvgIpc) is 2.73. The second kappa shape index (κ2) is 5.63. The standard InChI is InChI=1S/C29H30/c1-18-7-5-8-23-22(18)14-13-20-11-12-21-17-25(20)27-24(23)9-6-10-26(27)29(4)16-15-28(29,3)19(21)2/h5-12,15-17,19-21H,13-14H2,1-4H3. The molecule has 4 aliphatic rings. The van der Waals surface area contributed by atoms with Crippen LogP contribution < -0.4 is 0 Å². The predicted octanol–water partition coefficient (Wildman–Crippen LogP) is 7.28. The van der Waals surface area contributed by atoms with Crippen LogP contribution in [0, 0.1) is 30.1 Å². The van der Waals surface area contributed by atoms with Crippen LogP contribution in [0.25, 0.3) is 16.7 Å². The van der Waals surface area contributed by atoms with Crippen LogP contribution in [0.15, 0.2) is 66.8 Å². The van der Waals surface area contributed by atoms with Crippen molar-refractivity contribution in [2.75, 3.05) is 0 Å². The van der Waals surface area contributed by atoms with E-state index in [0.717, 1.165) is 6.42 Å². The fraction of sp³-hybridized carbons (Fsp3) is 0.379. The van der Waals surface area contributed by atoms with Crippen molar-refractivity contribution >= 4 is 5.57 Å². The molecule has 0 fully saturated rings. The summed E-state index contributed by atoms with van der Waals surface area (Å²) >= 11 is 0. The summed E-state index contributed by atoms with van der Waals surface area (Å²) in [7, 11) is 0. The van der Waals surface area contributed by atoms with Gasteiger partial charge in [-0.1, -0.05) is 87.5 Å². The first-order valence-corrected chi connectivity index (χ1v) is 11.3. The first-order chi connectivity index (χ1) is 13.9. The molecule has 2 aromatic carbocycles. The minimum atomic E-state index is 0.0917. The highest BCUT2D eigenvalue weighted by Crippen LogP contribution is 2.62. The maximum atomic E-state index is 2.63. The summed E-state index contributed by atoms with van der Waals surface area (Å²) in [5, 5.41) is 0. The van der Waals surface area contributed by atoms with Gasteiger partial charge in [0.25, 0.3) is 0 Å². The van der Waals surface area contributed by atoms with Gasteiger partial charge >= 0.3 is 0 Å². The van der Waals surface area contributed by atoms with E-state index in [1.165, 1.54) is 34.2 Å². The van der Waals surface area contributed by atoms with Crippen LogP contribution in [-0.4, -0.2) is 0 Å². The largest absolute Gasteiger partial charge is 0.0807 e. The average molecular weight is 379 g/mol. The lowest BCUT2D eigenvalue weighted by Gasteiger charge is -2.57. The summed E-state index contributed by atoms with van der Waals surface area (Å²) in [5.74, 6) is 1.65. The van der Waals surface area contributed by atoms with Gasteiger partial charge < -0.3 is 0 Å². The molecule has 29 heavy (non-hydrogen) atoms. The van der Waals surface area contributed by atoms with Crippen LogP contribution in [-0.2, 0) is 11.8 Å². The van der Waals surface area contributed by atoms with Crippen molar-refractivity contribution in [3.63, 3.8) is 0 Å². The monoisotopic (exact) mass is 378 g/mol. The van der Waals surface area contributed by atoms with E-state index in [-0.39, 0.29) is 10.8 Å². The first kappa shape index (κ1) is 17.5. The zero-order chi connectivity index (χ0) is 20.0. The minimum Gasteiger partial charge on any atom is -0.0807 e. The van der Waals surface area contributed by atoms with E-state index in [9.17, 15) is 0 Å². The fourth-order valence-electron chi connectivity index (χ4n) is 6.69. The molecule has 0 saturated heterocycles. The van der Waals surface area contributed by atoms with E-state index < -0.39 is 0 Å². The van der Waals surface area contributed by atoms with Gasteiger partial charge in [-0.3, -0.25) is 0 Å². The molecule has 5 unspecified atom stereocenters. The summed E-state index contributed by atoms with van der Waals surface area (Å²) in [4.78, 5) is 0. The van der Waals surface area contributed by atoms with Crippen LogP contribution in [0.4, 0.5) is 0 Å². The second-order valence-electron chi connectivity index (χ2n) is 10.2.